The molecule has 0 fully saturated rings. The van der Waals surface area contributed by atoms with Crippen molar-refractivity contribution >= 4 is 46.5 Å². The SMILES string of the molecule is CCOC(=O)c1sc(-c2ccccc2)cc1NC(=O)CSc1nc(C)cc(N)n1. The number of esters is 1. The summed E-state index contributed by atoms with van der Waals surface area (Å²) in [5, 5.41) is 3.23. The number of nitrogens with zero attached hydrogens (tertiary/aromatic N) is 2. The zero-order valence-corrected chi connectivity index (χ0v) is 17.6. The van der Waals surface area contributed by atoms with E-state index in [4.69, 9.17) is 10.5 Å². The van der Waals surface area contributed by atoms with E-state index in [2.05, 4.69) is 15.3 Å². The average molecular weight is 429 g/mol. The van der Waals surface area contributed by atoms with Crippen LogP contribution in [0, 0.1) is 6.92 Å². The predicted molar refractivity (Wildman–Crippen MR) is 116 cm³/mol. The van der Waals surface area contributed by atoms with Crippen molar-refractivity contribution in [3.05, 3.63) is 53.0 Å². The standard InChI is InChI=1S/C20H20N4O3S2/c1-3-27-19(26)18-14(10-15(29-18)13-7-5-4-6-8-13)23-17(25)11-28-20-22-12(2)9-16(21)24-20/h4-10H,3,11H2,1-2H3,(H,23,25)(H2,21,22,24). The van der Waals surface area contributed by atoms with Gasteiger partial charge in [-0.3, -0.25) is 4.79 Å². The molecule has 0 atom stereocenters. The lowest BCUT2D eigenvalue weighted by molar-refractivity contribution is -0.113. The van der Waals surface area contributed by atoms with Crippen molar-refractivity contribution in [2.45, 2.75) is 19.0 Å². The summed E-state index contributed by atoms with van der Waals surface area (Å²) in [6.45, 7) is 3.81. The maximum atomic E-state index is 12.5. The van der Waals surface area contributed by atoms with Crippen molar-refractivity contribution in [1.82, 2.24) is 9.97 Å². The van der Waals surface area contributed by atoms with Gasteiger partial charge in [-0.1, -0.05) is 42.1 Å². The van der Waals surface area contributed by atoms with Gasteiger partial charge in [-0.15, -0.1) is 11.3 Å². The highest BCUT2D eigenvalue weighted by atomic mass is 32.2. The van der Waals surface area contributed by atoms with E-state index in [9.17, 15) is 9.59 Å². The number of rotatable bonds is 7. The molecule has 7 nitrogen and oxygen atoms in total. The van der Waals surface area contributed by atoms with Crippen molar-refractivity contribution < 1.29 is 14.3 Å². The third-order valence-electron chi connectivity index (χ3n) is 3.71. The van der Waals surface area contributed by atoms with Crippen molar-refractivity contribution in [3.8, 4) is 10.4 Å². The zero-order chi connectivity index (χ0) is 20.8. The Morgan fingerprint density at radius 2 is 1.97 bits per heavy atom. The number of carbonyl (C=O) groups is 2. The molecule has 1 amide bonds. The minimum atomic E-state index is -0.461. The van der Waals surface area contributed by atoms with Gasteiger partial charge in [0.15, 0.2) is 5.16 Å². The fourth-order valence-corrected chi connectivity index (χ4v) is 4.25. The molecule has 9 heteroatoms. The van der Waals surface area contributed by atoms with Crippen LogP contribution in [0.2, 0.25) is 0 Å². The summed E-state index contributed by atoms with van der Waals surface area (Å²) in [5.41, 5.74) is 7.84. The summed E-state index contributed by atoms with van der Waals surface area (Å²) in [7, 11) is 0. The highest BCUT2D eigenvalue weighted by Crippen LogP contribution is 2.35. The van der Waals surface area contributed by atoms with Gasteiger partial charge in [-0.2, -0.15) is 0 Å². The number of ether oxygens (including phenoxy) is 1. The molecular weight excluding hydrogens is 408 g/mol. The normalized spacial score (nSPS) is 10.6. The fraction of sp³-hybridized carbons (Fsp3) is 0.200. The van der Waals surface area contributed by atoms with Crippen molar-refractivity contribution in [1.29, 1.82) is 0 Å². The number of aromatic nitrogens is 2. The van der Waals surface area contributed by atoms with Gasteiger partial charge in [-0.05, 0) is 25.5 Å². The first-order valence-corrected chi connectivity index (χ1v) is 10.7. The first-order valence-electron chi connectivity index (χ1n) is 8.86. The van der Waals surface area contributed by atoms with Crippen LogP contribution in [0.1, 0.15) is 22.3 Å². The molecule has 0 aliphatic rings. The molecule has 0 spiro atoms. The Kier molecular flexibility index (Phi) is 6.84. The summed E-state index contributed by atoms with van der Waals surface area (Å²) in [4.78, 5) is 34.4. The van der Waals surface area contributed by atoms with E-state index in [-0.39, 0.29) is 18.3 Å². The van der Waals surface area contributed by atoms with E-state index in [0.29, 0.717) is 21.5 Å². The van der Waals surface area contributed by atoms with E-state index in [0.717, 1.165) is 16.1 Å². The molecule has 1 aromatic carbocycles. The first-order chi connectivity index (χ1) is 14.0. The second-order valence-electron chi connectivity index (χ2n) is 5.99. The lowest BCUT2D eigenvalue weighted by Gasteiger charge is -2.06. The predicted octanol–water partition coefficient (Wildman–Crippen LogP) is 4.00. The smallest absolute Gasteiger partial charge is 0.350 e. The lowest BCUT2D eigenvalue weighted by Crippen LogP contribution is -2.16. The largest absolute Gasteiger partial charge is 0.462 e. The molecule has 0 radical (unpaired) electrons. The van der Waals surface area contributed by atoms with Crippen molar-refractivity contribution in [2.24, 2.45) is 0 Å². The molecule has 0 unspecified atom stereocenters. The van der Waals surface area contributed by atoms with Crippen LogP contribution >= 0.6 is 23.1 Å². The highest BCUT2D eigenvalue weighted by Gasteiger charge is 2.20. The Morgan fingerprint density at radius 1 is 1.21 bits per heavy atom. The van der Waals surface area contributed by atoms with E-state index in [1.165, 1.54) is 23.1 Å². The summed E-state index contributed by atoms with van der Waals surface area (Å²) >= 11 is 2.46. The first kappa shape index (κ1) is 20.8. The van der Waals surface area contributed by atoms with Crippen molar-refractivity contribution in [3.63, 3.8) is 0 Å². The number of anilines is 2. The fourth-order valence-electron chi connectivity index (χ4n) is 2.52. The summed E-state index contributed by atoms with van der Waals surface area (Å²) in [5.74, 6) is -0.295. The Labute approximate surface area is 176 Å². The van der Waals surface area contributed by atoms with E-state index in [1.54, 1.807) is 19.1 Å². The van der Waals surface area contributed by atoms with Crippen LogP contribution in [0.4, 0.5) is 11.5 Å². The maximum Gasteiger partial charge on any atom is 0.350 e. The number of carbonyl (C=O) groups excluding carboxylic acids is 2. The monoisotopic (exact) mass is 428 g/mol. The van der Waals surface area contributed by atoms with Crippen LogP contribution in [0.5, 0.6) is 0 Å². The molecule has 0 aliphatic heterocycles. The number of amides is 1. The number of benzene rings is 1. The lowest BCUT2D eigenvalue weighted by atomic mass is 10.2. The molecule has 0 saturated carbocycles. The second kappa shape index (κ2) is 9.53. The Hall–Kier alpha value is -2.91. The molecular formula is C20H20N4O3S2. The van der Waals surface area contributed by atoms with Gasteiger partial charge in [0.1, 0.15) is 10.7 Å². The third-order valence-corrected chi connectivity index (χ3v) is 5.72. The van der Waals surface area contributed by atoms with Crippen LogP contribution in [0.25, 0.3) is 10.4 Å². The van der Waals surface area contributed by atoms with Crippen molar-refractivity contribution in [2.75, 3.05) is 23.4 Å². The molecule has 0 bridgehead atoms. The summed E-state index contributed by atoms with van der Waals surface area (Å²) in [6.07, 6.45) is 0. The van der Waals surface area contributed by atoms with Crippen LogP contribution < -0.4 is 11.1 Å². The number of thioether (sulfide) groups is 1. The number of thiophene rings is 1. The number of aryl methyl sites for hydroxylation is 1. The third kappa shape index (κ3) is 5.55. The minimum Gasteiger partial charge on any atom is -0.462 e. The van der Waals surface area contributed by atoms with Gasteiger partial charge in [0.25, 0.3) is 0 Å². The topological polar surface area (TPSA) is 107 Å². The molecule has 0 saturated heterocycles. The molecule has 3 aromatic rings. The second-order valence-corrected chi connectivity index (χ2v) is 7.99. The molecule has 150 valence electrons. The maximum absolute atomic E-state index is 12.5. The van der Waals surface area contributed by atoms with Gasteiger partial charge in [0.05, 0.1) is 18.0 Å². The number of hydrogen-bond donors (Lipinski definition) is 2. The van der Waals surface area contributed by atoms with Gasteiger partial charge < -0.3 is 15.8 Å². The quantitative estimate of drug-likeness (QED) is 0.333. The van der Waals surface area contributed by atoms with Crippen LogP contribution in [-0.2, 0) is 9.53 Å². The number of nitrogen functional groups attached to an aromatic ring is 1. The highest BCUT2D eigenvalue weighted by molar-refractivity contribution is 7.99. The molecule has 0 aliphatic carbocycles. The van der Waals surface area contributed by atoms with E-state index < -0.39 is 5.97 Å². The van der Waals surface area contributed by atoms with Gasteiger partial charge >= 0.3 is 5.97 Å². The number of nitrogens with two attached hydrogens (primary N) is 1. The number of nitrogens with one attached hydrogen (secondary N) is 1. The Morgan fingerprint density at radius 3 is 2.66 bits per heavy atom. The summed E-state index contributed by atoms with van der Waals surface area (Å²) < 4.78 is 5.14. The Balaban J connectivity index is 1.76. The Bertz CT molecular complexity index is 1000. The summed E-state index contributed by atoms with van der Waals surface area (Å²) in [6, 6.07) is 13.1. The zero-order valence-electron chi connectivity index (χ0n) is 16.0. The average Bonchev–Trinajstić information content (AvgIpc) is 3.10. The van der Waals surface area contributed by atoms with Crippen LogP contribution in [0.3, 0.4) is 0 Å². The molecule has 2 aromatic heterocycles. The van der Waals surface area contributed by atoms with E-state index in [1.807, 2.05) is 37.3 Å². The molecule has 3 N–H and O–H groups in total. The van der Waals surface area contributed by atoms with Gasteiger partial charge in [-0.25, -0.2) is 14.8 Å². The molecule has 29 heavy (non-hydrogen) atoms. The van der Waals surface area contributed by atoms with Crippen LogP contribution in [0.15, 0.2) is 47.6 Å². The number of hydrogen-bond acceptors (Lipinski definition) is 8. The minimum absolute atomic E-state index is 0.0850. The van der Waals surface area contributed by atoms with E-state index >= 15 is 0 Å². The molecule has 3 rings (SSSR count). The molecule has 2 heterocycles. The van der Waals surface area contributed by atoms with Crippen LogP contribution in [-0.4, -0.2) is 34.2 Å². The van der Waals surface area contributed by atoms with Gasteiger partial charge in [0.2, 0.25) is 5.91 Å². The van der Waals surface area contributed by atoms with Gasteiger partial charge in [0, 0.05) is 16.6 Å².